The average molecular weight is 264 g/mol. The summed E-state index contributed by atoms with van der Waals surface area (Å²) in [5.74, 6) is -2.36. The predicted molar refractivity (Wildman–Crippen MR) is 67.0 cm³/mol. The molecule has 0 aliphatic carbocycles. The maximum atomic E-state index is 13.8. The average Bonchev–Trinajstić information content (AvgIpc) is 2.38. The third-order valence-corrected chi connectivity index (χ3v) is 2.59. The molecule has 0 atom stereocenters. The van der Waals surface area contributed by atoms with Crippen LogP contribution < -0.4 is 10.2 Å². The van der Waals surface area contributed by atoms with E-state index in [9.17, 15) is 8.78 Å². The molecule has 2 rings (SSSR count). The molecule has 0 aliphatic rings. The molecular weight excluding hydrogens is 253 g/mol. The summed E-state index contributed by atoms with van der Waals surface area (Å²) >= 11 is 0. The molecule has 3 nitrogen and oxygen atoms in total. The maximum Gasteiger partial charge on any atom is 0.494 e. The number of hydrogen-bond acceptors (Lipinski definition) is 3. The van der Waals surface area contributed by atoms with Crippen LogP contribution in [0.5, 0.6) is 5.75 Å². The van der Waals surface area contributed by atoms with Crippen molar-refractivity contribution >= 4 is 12.6 Å². The molecule has 0 aromatic heterocycles. The lowest BCUT2D eigenvalue weighted by atomic mass is 9.79. The maximum absolute atomic E-state index is 13.8. The van der Waals surface area contributed by atoms with Crippen molar-refractivity contribution in [2.75, 3.05) is 0 Å². The second-order valence-corrected chi connectivity index (χ2v) is 3.92. The van der Waals surface area contributed by atoms with Crippen molar-refractivity contribution in [3.05, 3.63) is 59.7 Å². The van der Waals surface area contributed by atoms with Crippen molar-refractivity contribution in [1.82, 2.24) is 0 Å². The van der Waals surface area contributed by atoms with E-state index in [0.717, 1.165) is 17.7 Å². The second kappa shape index (κ2) is 5.82. The summed E-state index contributed by atoms with van der Waals surface area (Å²) in [7, 11) is -2.22. The van der Waals surface area contributed by atoms with Gasteiger partial charge in [-0.15, -0.1) is 0 Å². The van der Waals surface area contributed by atoms with Gasteiger partial charge in [0.25, 0.3) is 0 Å². The van der Waals surface area contributed by atoms with Gasteiger partial charge in [0.2, 0.25) is 0 Å². The van der Waals surface area contributed by atoms with E-state index in [-0.39, 0.29) is 12.4 Å². The van der Waals surface area contributed by atoms with Crippen LogP contribution in [0.25, 0.3) is 0 Å². The predicted octanol–water partition coefficient (Wildman–Crippen LogP) is 1.22. The fourth-order valence-electron chi connectivity index (χ4n) is 1.63. The first kappa shape index (κ1) is 13.5. The third-order valence-electron chi connectivity index (χ3n) is 2.59. The summed E-state index contributed by atoms with van der Waals surface area (Å²) in [6.07, 6.45) is 0. The van der Waals surface area contributed by atoms with Crippen LogP contribution in [-0.4, -0.2) is 17.2 Å². The standard InChI is InChI=1S/C13H11BF2O3/c15-10-6-7-11(13(16)12(10)14(17)18)19-8-9-4-2-1-3-5-9/h1-7,17-18H,8H2. The van der Waals surface area contributed by atoms with Gasteiger partial charge in [0.15, 0.2) is 11.6 Å². The van der Waals surface area contributed by atoms with Crippen LogP contribution in [0.3, 0.4) is 0 Å². The van der Waals surface area contributed by atoms with Gasteiger partial charge in [-0.2, -0.15) is 0 Å². The molecule has 0 heterocycles. The smallest absolute Gasteiger partial charge is 0.486 e. The first-order chi connectivity index (χ1) is 9.09. The molecule has 0 spiro atoms. The molecule has 0 fully saturated rings. The van der Waals surface area contributed by atoms with Crippen LogP contribution in [0.2, 0.25) is 0 Å². The van der Waals surface area contributed by atoms with Crippen LogP contribution >= 0.6 is 0 Å². The zero-order valence-corrected chi connectivity index (χ0v) is 9.88. The quantitative estimate of drug-likeness (QED) is 0.816. The molecule has 2 aromatic carbocycles. The molecule has 0 saturated heterocycles. The number of ether oxygens (including phenoxy) is 1. The Morgan fingerprint density at radius 1 is 1.00 bits per heavy atom. The first-order valence-electron chi connectivity index (χ1n) is 5.60. The Labute approximate surface area is 109 Å². The van der Waals surface area contributed by atoms with Gasteiger partial charge in [0.05, 0.1) is 5.46 Å². The zero-order valence-electron chi connectivity index (χ0n) is 9.88. The topological polar surface area (TPSA) is 49.7 Å². The van der Waals surface area contributed by atoms with E-state index in [4.69, 9.17) is 14.8 Å². The Morgan fingerprint density at radius 2 is 1.68 bits per heavy atom. The minimum absolute atomic E-state index is 0.102. The molecule has 2 N–H and O–H groups in total. The summed E-state index contributed by atoms with van der Waals surface area (Å²) in [5.41, 5.74) is 0.00267. The van der Waals surface area contributed by atoms with Crippen LogP contribution in [-0.2, 0) is 6.61 Å². The monoisotopic (exact) mass is 264 g/mol. The van der Waals surface area contributed by atoms with E-state index in [1.807, 2.05) is 18.2 Å². The minimum atomic E-state index is -2.22. The SMILES string of the molecule is OB(O)c1c(F)ccc(OCc2ccccc2)c1F. The van der Waals surface area contributed by atoms with Gasteiger partial charge in [-0.3, -0.25) is 0 Å². The summed E-state index contributed by atoms with van der Waals surface area (Å²) in [4.78, 5) is 0. The highest BCUT2D eigenvalue weighted by Gasteiger charge is 2.24. The Morgan fingerprint density at radius 3 is 2.32 bits per heavy atom. The lowest BCUT2D eigenvalue weighted by Gasteiger charge is -2.10. The van der Waals surface area contributed by atoms with Gasteiger partial charge in [-0.1, -0.05) is 30.3 Å². The Balaban J connectivity index is 2.20. The summed E-state index contributed by atoms with van der Waals surface area (Å²) in [5, 5.41) is 17.8. The van der Waals surface area contributed by atoms with Gasteiger partial charge in [0, 0.05) is 0 Å². The molecule has 0 unspecified atom stereocenters. The molecule has 0 radical (unpaired) electrons. The van der Waals surface area contributed by atoms with Crippen molar-refractivity contribution in [3.63, 3.8) is 0 Å². The van der Waals surface area contributed by atoms with Gasteiger partial charge in [-0.25, -0.2) is 8.78 Å². The molecule has 0 aliphatic heterocycles. The molecule has 0 saturated carbocycles. The van der Waals surface area contributed by atoms with Crippen LogP contribution in [0, 0.1) is 11.6 Å². The summed E-state index contributed by atoms with van der Waals surface area (Å²) in [6.45, 7) is 0.102. The van der Waals surface area contributed by atoms with Gasteiger partial charge in [-0.05, 0) is 17.7 Å². The molecule has 19 heavy (non-hydrogen) atoms. The second-order valence-electron chi connectivity index (χ2n) is 3.92. The fraction of sp³-hybridized carbons (Fsp3) is 0.0769. The van der Waals surface area contributed by atoms with E-state index >= 15 is 0 Å². The van der Waals surface area contributed by atoms with Crippen molar-refractivity contribution in [2.45, 2.75) is 6.61 Å². The van der Waals surface area contributed by atoms with Crippen molar-refractivity contribution in [1.29, 1.82) is 0 Å². The van der Waals surface area contributed by atoms with Crippen LogP contribution in [0.4, 0.5) is 8.78 Å². The normalized spacial score (nSPS) is 10.3. The summed E-state index contributed by atoms with van der Waals surface area (Å²) < 4.78 is 32.2. The van der Waals surface area contributed by atoms with Gasteiger partial charge >= 0.3 is 7.12 Å². The number of halogens is 2. The number of hydrogen-bond donors (Lipinski definition) is 2. The minimum Gasteiger partial charge on any atom is -0.486 e. The van der Waals surface area contributed by atoms with Gasteiger partial charge in [0.1, 0.15) is 12.4 Å². The number of benzene rings is 2. The Kier molecular flexibility index (Phi) is 4.14. The van der Waals surface area contributed by atoms with E-state index in [0.29, 0.717) is 0 Å². The van der Waals surface area contributed by atoms with E-state index in [2.05, 4.69) is 0 Å². The number of rotatable bonds is 4. The van der Waals surface area contributed by atoms with E-state index in [1.54, 1.807) is 12.1 Å². The largest absolute Gasteiger partial charge is 0.494 e. The summed E-state index contributed by atoms with van der Waals surface area (Å²) in [6, 6.07) is 11.1. The zero-order chi connectivity index (χ0) is 13.8. The molecular formula is C13H11BF2O3. The van der Waals surface area contributed by atoms with Crippen molar-refractivity contribution in [3.8, 4) is 5.75 Å². The van der Waals surface area contributed by atoms with Crippen LogP contribution in [0.15, 0.2) is 42.5 Å². The highest BCUT2D eigenvalue weighted by Crippen LogP contribution is 2.18. The van der Waals surface area contributed by atoms with Crippen molar-refractivity contribution < 1.29 is 23.6 Å². The highest BCUT2D eigenvalue weighted by atomic mass is 19.1. The molecule has 6 heteroatoms. The lowest BCUT2D eigenvalue weighted by Crippen LogP contribution is -2.36. The van der Waals surface area contributed by atoms with Crippen LogP contribution in [0.1, 0.15) is 5.56 Å². The molecule has 98 valence electrons. The molecule has 2 aromatic rings. The lowest BCUT2D eigenvalue weighted by molar-refractivity contribution is 0.289. The van der Waals surface area contributed by atoms with E-state index in [1.165, 1.54) is 0 Å². The highest BCUT2D eigenvalue weighted by molar-refractivity contribution is 6.58. The Bertz CT molecular complexity index is 561. The van der Waals surface area contributed by atoms with Gasteiger partial charge < -0.3 is 14.8 Å². The first-order valence-corrected chi connectivity index (χ1v) is 5.60. The Hall–Kier alpha value is -1.92. The fourth-order valence-corrected chi connectivity index (χ4v) is 1.63. The molecule has 0 bridgehead atoms. The van der Waals surface area contributed by atoms with E-state index < -0.39 is 24.2 Å². The molecule has 0 amide bonds. The van der Waals surface area contributed by atoms with Crippen molar-refractivity contribution in [2.24, 2.45) is 0 Å². The third kappa shape index (κ3) is 3.10.